The minimum absolute atomic E-state index is 0.222. The van der Waals surface area contributed by atoms with Crippen LogP contribution in [-0.4, -0.2) is 29.4 Å². The Bertz CT molecular complexity index is 693. The van der Waals surface area contributed by atoms with Gasteiger partial charge in [0.2, 0.25) is 0 Å². The molecule has 23 heavy (non-hydrogen) atoms. The Morgan fingerprint density at radius 2 is 2.09 bits per heavy atom. The van der Waals surface area contributed by atoms with E-state index in [2.05, 4.69) is 22.3 Å². The van der Waals surface area contributed by atoms with Crippen LogP contribution in [0.2, 0.25) is 5.02 Å². The minimum Gasteiger partial charge on any atom is -0.497 e. The molecule has 0 aliphatic carbocycles. The van der Waals surface area contributed by atoms with Crippen LogP contribution in [0.25, 0.3) is 0 Å². The van der Waals surface area contributed by atoms with E-state index in [1.54, 1.807) is 7.11 Å². The van der Waals surface area contributed by atoms with Gasteiger partial charge in [-0.3, -0.25) is 0 Å². The predicted octanol–water partition coefficient (Wildman–Crippen LogP) is 4.79. The number of anilines is 1. The Balaban J connectivity index is 1.73. The zero-order valence-corrected chi connectivity index (χ0v) is 15.0. The molecule has 0 spiro atoms. The Labute approximate surface area is 151 Å². The quantitative estimate of drug-likeness (QED) is 0.789. The van der Waals surface area contributed by atoms with Crippen LogP contribution in [0.1, 0.15) is 10.9 Å². The number of ether oxygens (including phenoxy) is 1. The van der Waals surface area contributed by atoms with Crippen molar-refractivity contribution in [2.24, 2.45) is 0 Å². The average Bonchev–Trinajstić information content (AvgIpc) is 3.05. The Kier molecular flexibility index (Phi) is 5.30. The molecule has 1 fully saturated rings. The Morgan fingerprint density at radius 1 is 1.30 bits per heavy atom. The molecule has 1 saturated heterocycles. The van der Waals surface area contributed by atoms with Crippen LogP contribution >= 0.6 is 35.6 Å². The lowest BCUT2D eigenvalue weighted by atomic mass is 10.2. The highest BCUT2D eigenvalue weighted by Crippen LogP contribution is 2.38. The van der Waals surface area contributed by atoms with Crippen molar-refractivity contribution in [2.75, 3.05) is 24.7 Å². The largest absolute Gasteiger partial charge is 0.497 e. The molecule has 1 atom stereocenters. The molecule has 0 amide bonds. The van der Waals surface area contributed by atoms with E-state index < -0.39 is 0 Å². The molecule has 120 valence electrons. The van der Waals surface area contributed by atoms with Gasteiger partial charge >= 0.3 is 0 Å². The number of nitrogens with zero attached hydrogens (tertiary/aromatic N) is 1. The maximum absolute atomic E-state index is 6.03. The molecule has 1 N–H and O–H groups in total. The molecule has 1 aliphatic rings. The zero-order chi connectivity index (χ0) is 16.2. The standard InChI is InChI=1S/C17H17ClN2OS2/c1-21-15-7-5-12(6-8-15)16-20(9-10-23-16)17(22)19-14-4-2-3-13(18)11-14/h2-8,11,16H,9-10H2,1H3,(H,19,22)/t16-/m0/s1. The summed E-state index contributed by atoms with van der Waals surface area (Å²) in [5.74, 6) is 1.91. The summed E-state index contributed by atoms with van der Waals surface area (Å²) in [6.45, 7) is 0.924. The SMILES string of the molecule is COc1ccc([C@@H]2SCCN2C(=S)Nc2cccc(Cl)c2)cc1. The molecule has 6 heteroatoms. The van der Waals surface area contributed by atoms with Crippen molar-refractivity contribution in [1.82, 2.24) is 4.90 Å². The first-order valence-electron chi connectivity index (χ1n) is 7.26. The van der Waals surface area contributed by atoms with Gasteiger partial charge in [0.1, 0.15) is 11.1 Å². The number of hydrogen-bond donors (Lipinski definition) is 1. The fourth-order valence-corrected chi connectivity index (χ4v) is 4.32. The van der Waals surface area contributed by atoms with Crippen LogP contribution < -0.4 is 10.1 Å². The number of benzene rings is 2. The van der Waals surface area contributed by atoms with Gasteiger partial charge < -0.3 is 15.0 Å². The number of thioether (sulfide) groups is 1. The van der Waals surface area contributed by atoms with Gasteiger partial charge in [0.15, 0.2) is 5.11 Å². The summed E-state index contributed by atoms with van der Waals surface area (Å²) in [5.41, 5.74) is 2.14. The monoisotopic (exact) mass is 364 g/mol. The van der Waals surface area contributed by atoms with Crippen LogP contribution in [-0.2, 0) is 0 Å². The summed E-state index contributed by atoms with van der Waals surface area (Å²) < 4.78 is 5.23. The third kappa shape index (κ3) is 3.91. The molecular weight excluding hydrogens is 348 g/mol. The van der Waals surface area contributed by atoms with Crippen LogP contribution in [0.5, 0.6) is 5.75 Å². The Morgan fingerprint density at radius 3 is 2.78 bits per heavy atom. The van der Waals surface area contributed by atoms with E-state index in [0.29, 0.717) is 5.02 Å². The molecule has 3 nitrogen and oxygen atoms in total. The van der Waals surface area contributed by atoms with Crippen molar-refractivity contribution in [3.05, 3.63) is 59.1 Å². The number of rotatable bonds is 3. The smallest absolute Gasteiger partial charge is 0.174 e. The summed E-state index contributed by atoms with van der Waals surface area (Å²) in [4.78, 5) is 2.21. The van der Waals surface area contributed by atoms with Crippen LogP contribution in [0.3, 0.4) is 0 Å². The van der Waals surface area contributed by atoms with Gasteiger partial charge in [-0.05, 0) is 48.1 Å². The van der Waals surface area contributed by atoms with Crippen molar-refractivity contribution >= 4 is 46.4 Å². The predicted molar refractivity (Wildman–Crippen MR) is 103 cm³/mol. The van der Waals surface area contributed by atoms with E-state index in [1.807, 2.05) is 48.2 Å². The second-order valence-corrected chi connectivity index (χ2v) is 7.14. The van der Waals surface area contributed by atoms with Gasteiger partial charge in [-0.15, -0.1) is 11.8 Å². The lowest BCUT2D eigenvalue weighted by molar-refractivity contribution is 0.413. The van der Waals surface area contributed by atoms with Crippen LogP contribution in [0, 0.1) is 0 Å². The molecule has 0 radical (unpaired) electrons. The fourth-order valence-electron chi connectivity index (χ4n) is 2.48. The van der Waals surface area contributed by atoms with Crippen molar-refractivity contribution in [3.63, 3.8) is 0 Å². The molecule has 0 bridgehead atoms. The maximum Gasteiger partial charge on any atom is 0.174 e. The highest BCUT2D eigenvalue weighted by atomic mass is 35.5. The van der Waals surface area contributed by atoms with Gasteiger partial charge in [0.05, 0.1) is 7.11 Å². The van der Waals surface area contributed by atoms with E-state index in [-0.39, 0.29) is 5.37 Å². The third-order valence-corrected chi connectivity index (χ3v) is 5.46. The molecule has 2 aromatic rings. The zero-order valence-electron chi connectivity index (χ0n) is 12.7. The lowest BCUT2D eigenvalue weighted by Gasteiger charge is -2.27. The maximum atomic E-state index is 6.03. The first-order chi connectivity index (χ1) is 11.2. The van der Waals surface area contributed by atoms with Crippen LogP contribution in [0.15, 0.2) is 48.5 Å². The average molecular weight is 365 g/mol. The molecule has 3 rings (SSSR count). The van der Waals surface area contributed by atoms with E-state index in [9.17, 15) is 0 Å². The number of nitrogens with one attached hydrogen (secondary N) is 1. The summed E-state index contributed by atoms with van der Waals surface area (Å²) in [6, 6.07) is 15.8. The van der Waals surface area contributed by atoms with Crippen LogP contribution in [0.4, 0.5) is 5.69 Å². The molecule has 1 aliphatic heterocycles. The Hall–Kier alpha value is -1.43. The summed E-state index contributed by atoms with van der Waals surface area (Å²) in [6.07, 6.45) is 0. The highest BCUT2D eigenvalue weighted by Gasteiger charge is 2.28. The fraction of sp³-hybridized carbons (Fsp3) is 0.235. The number of hydrogen-bond acceptors (Lipinski definition) is 3. The summed E-state index contributed by atoms with van der Waals surface area (Å²) in [5, 5.41) is 4.92. The van der Waals surface area contributed by atoms with Crippen molar-refractivity contribution in [3.8, 4) is 5.75 Å². The van der Waals surface area contributed by atoms with Gasteiger partial charge in [0, 0.05) is 23.0 Å². The topological polar surface area (TPSA) is 24.5 Å². The lowest BCUT2D eigenvalue weighted by Crippen LogP contribution is -2.34. The molecule has 0 aromatic heterocycles. The number of thiocarbonyl (C=S) groups is 1. The van der Waals surface area contributed by atoms with E-state index in [0.717, 1.165) is 28.8 Å². The van der Waals surface area contributed by atoms with Crippen molar-refractivity contribution in [1.29, 1.82) is 0 Å². The van der Waals surface area contributed by atoms with E-state index in [4.69, 9.17) is 28.6 Å². The number of methoxy groups -OCH3 is 1. The first-order valence-corrected chi connectivity index (χ1v) is 9.09. The third-order valence-electron chi connectivity index (χ3n) is 3.63. The van der Waals surface area contributed by atoms with E-state index >= 15 is 0 Å². The summed E-state index contributed by atoms with van der Waals surface area (Å²) >= 11 is 13.5. The normalized spacial score (nSPS) is 17.1. The van der Waals surface area contributed by atoms with Crippen molar-refractivity contribution < 1.29 is 4.74 Å². The molecule has 2 aromatic carbocycles. The van der Waals surface area contributed by atoms with Gasteiger partial charge in [-0.2, -0.15) is 0 Å². The molecule has 1 heterocycles. The molecule has 0 saturated carbocycles. The van der Waals surface area contributed by atoms with Crippen molar-refractivity contribution in [2.45, 2.75) is 5.37 Å². The second kappa shape index (κ2) is 7.43. The first kappa shape index (κ1) is 16.4. The van der Waals surface area contributed by atoms with Gasteiger partial charge in [-0.1, -0.05) is 29.8 Å². The minimum atomic E-state index is 0.222. The molecule has 0 unspecified atom stereocenters. The highest BCUT2D eigenvalue weighted by molar-refractivity contribution is 7.99. The number of halogens is 1. The van der Waals surface area contributed by atoms with E-state index in [1.165, 1.54) is 5.56 Å². The van der Waals surface area contributed by atoms with Gasteiger partial charge in [0.25, 0.3) is 0 Å². The molecular formula is C17H17ClN2OS2. The van der Waals surface area contributed by atoms with Gasteiger partial charge in [-0.25, -0.2) is 0 Å². The summed E-state index contributed by atoms with van der Waals surface area (Å²) in [7, 11) is 1.68. The second-order valence-electron chi connectivity index (χ2n) is 5.13.